The molecule has 2 N–H and O–H groups in total. The van der Waals surface area contributed by atoms with Crippen LogP contribution in [0.5, 0.6) is 0 Å². The molecule has 0 bridgehead atoms. The van der Waals surface area contributed by atoms with Gasteiger partial charge in [-0.05, 0) is 51.1 Å². The summed E-state index contributed by atoms with van der Waals surface area (Å²) in [4.78, 5) is 16.9. The van der Waals surface area contributed by atoms with E-state index in [0.29, 0.717) is 17.7 Å². The SMILES string of the molecule is CNCCN(C)Cc1c[nH]nc1[C@H]1CC[C@@]2(CC1)CC(=O)N(CC(C)C)C2. The second-order valence-corrected chi connectivity index (χ2v) is 9.26. The summed E-state index contributed by atoms with van der Waals surface area (Å²) >= 11 is 0. The molecule has 2 fully saturated rings. The van der Waals surface area contributed by atoms with Crippen molar-refractivity contribution in [2.75, 3.05) is 40.3 Å². The summed E-state index contributed by atoms with van der Waals surface area (Å²) in [6.45, 7) is 9.24. The van der Waals surface area contributed by atoms with Crippen LogP contribution in [0.15, 0.2) is 6.20 Å². The number of carbonyl (C=O) groups is 1. The van der Waals surface area contributed by atoms with Crippen LogP contribution in [0.3, 0.4) is 0 Å². The third kappa shape index (κ3) is 4.91. The van der Waals surface area contributed by atoms with Gasteiger partial charge in [0, 0.05) is 56.8 Å². The largest absolute Gasteiger partial charge is 0.342 e. The van der Waals surface area contributed by atoms with Crippen molar-refractivity contribution in [1.82, 2.24) is 25.3 Å². The molecule has 6 nitrogen and oxygen atoms in total. The van der Waals surface area contributed by atoms with Crippen molar-refractivity contribution in [2.45, 2.75) is 58.4 Å². The fraction of sp³-hybridized carbons (Fsp3) is 0.810. The Morgan fingerprint density at radius 2 is 2.15 bits per heavy atom. The molecular formula is C21H37N5O. The number of nitrogens with one attached hydrogen (secondary N) is 2. The van der Waals surface area contributed by atoms with Gasteiger partial charge in [-0.3, -0.25) is 9.89 Å². The van der Waals surface area contributed by atoms with E-state index in [0.717, 1.165) is 64.8 Å². The minimum Gasteiger partial charge on any atom is -0.342 e. The molecule has 1 aliphatic heterocycles. The third-order valence-corrected chi connectivity index (χ3v) is 6.36. The lowest BCUT2D eigenvalue weighted by molar-refractivity contribution is -0.128. The quantitative estimate of drug-likeness (QED) is 0.733. The second kappa shape index (κ2) is 8.74. The number of aromatic amines is 1. The Bertz CT molecular complexity index is 618. The molecule has 27 heavy (non-hydrogen) atoms. The highest BCUT2D eigenvalue weighted by atomic mass is 16.2. The number of aromatic nitrogens is 2. The fourth-order valence-corrected chi connectivity index (χ4v) is 4.91. The Kier molecular flexibility index (Phi) is 6.58. The van der Waals surface area contributed by atoms with Gasteiger partial charge < -0.3 is 15.1 Å². The number of amides is 1. The molecule has 1 saturated heterocycles. The van der Waals surface area contributed by atoms with Crippen molar-refractivity contribution in [3.05, 3.63) is 17.5 Å². The number of likely N-dealkylation sites (N-methyl/N-ethyl adjacent to an activating group) is 2. The highest BCUT2D eigenvalue weighted by Crippen LogP contribution is 2.48. The lowest BCUT2D eigenvalue weighted by Gasteiger charge is -2.36. The minimum atomic E-state index is 0.225. The Morgan fingerprint density at radius 3 is 2.81 bits per heavy atom. The van der Waals surface area contributed by atoms with Crippen LogP contribution in [0.25, 0.3) is 0 Å². The number of nitrogens with zero attached hydrogens (tertiary/aromatic N) is 3. The highest BCUT2D eigenvalue weighted by molar-refractivity contribution is 5.79. The topological polar surface area (TPSA) is 64.3 Å². The van der Waals surface area contributed by atoms with Gasteiger partial charge in [0.15, 0.2) is 0 Å². The van der Waals surface area contributed by atoms with E-state index in [1.165, 1.54) is 11.3 Å². The standard InChI is InChI=1S/C21H37N5O/c1-16(2)13-26-15-21(11-19(26)27)7-5-17(6-8-21)20-18(12-23-24-20)14-25(4)10-9-22-3/h12,16-17,22H,5-11,13-15H2,1-4H3,(H,23,24)/t17-,21+. The number of rotatable bonds is 8. The van der Waals surface area contributed by atoms with Crippen LogP contribution in [0, 0.1) is 11.3 Å². The summed E-state index contributed by atoms with van der Waals surface area (Å²) in [7, 11) is 4.16. The lowest BCUT2D eigenvalue weighted by atomic mass is 9.69. The second-order valence-electron chi connectivity index (χ2n) is 9.26. The van der Waals surface area contributed by atoms with E-state index in [-0.39, 0.29) is 5.41 Å². The Balaban J connectivity index is 1.57. The number of hydrogen-bond donors (Lipinski definition) is 2. The van der Waals surface area contributed by atoms with Crippen molar-refractivity contribution in [3.8, 4) is 0 Å². The number of hydrogen-bond acceptors (Lipinski definition) is 4. The van der Waals surface area contributed by atoms with Gasteiger partial charge in [-0.15, -0.1) is 0 Å². The molecular weight excluding hydrogens is 338 g/mol. The van der Waals surface area contributed by atoms with Crippen molar-refractivity contribution < 1.29 is 4.79 Å². The molecule has 1 spiro atoms. The molecule has 1 aliphatic carbocycles. The zero-order chi connectivity index (χ0) is 19.4. The van der Waals surface area contributed by atoms with Crippen molar-refractivity contribution in [1.29, 1.82) is 0 Å². The maximum Gasteiger partial charge on any atom is 0.223 e. The number of likely N-dealkylation sites (tertiary alicyclic amines) is 1. The smallest absolute Gasteiger partial charge is 0.223 e. The summed E-state index contributed by atoms with van der Waals surface area (Å²) < 4.78 is 0. The van der Waals surface area contributed by atoms with E-state index in [9.17, 15) is 4.79 Å². The maximum atomic E-state index is 12.5. The first kappa shape index (κ1) is 20.3. The molecule has 1 saturated carbocycles. The molecule has 0 atom stereocenters. The van der Waals surface area contributed by atoms with Crippen molar-refractivity contribution in [3.63, 3.8) is 0 Å². The summed E-state index contributed by atoms with van der Waals surface area (Å²) in [6, 6.07) is 0. The molecule has 0 radical (unpaired) electrons. The summed E-state index contributed by atoms with van der Waals surface area (Å²) in [5.74, 6) is 1.45. The molecule has 0 unspecified atom stereocenters. The Hall–Kier alpha value is -1.40. The van der Waals surface area contributed by atoms with Crippen LogP contribution >= 0.6 is 0 Å². The van der Waals surface area contributed by atoms with Crippen LogP contribution in [0.4, 0.5) is 0 Å². The lowest BCUT2D eigenvalue weighted by Crippen LogP contribution is -2.33. The van der Waals surface area contributed by atoms with Gasteiger partial charge in [-0.25, -0.2) is 0 Å². The zero-order valence-corrected chi connectivity index (χ0v) is 17.6. The Labute approximate surface area is 164 Å². The number of H-pyrrole nitrogens is 1. The maximum absolute atomic E-state index is 12.5. The van der Waals surface area contributed by atoms with E-state index in [4.69, 9.17) is 0 Å². The average Bonchev–Trinajstić information content (AvgIpc) is 3.18. The van der Waals surface area contributed by atoms with Crippen LogP contribution in [-0.4, -0.2) is 66.2 Å². The molecule has 2 heterocycles. The van der Waals surface area contributed by atoms with Gasteiger partial charge in [0.2, 0.25) is 5.91 Å². The molecule has 152 valence electrons. The fourth-order valence-electron chi connectivity index (χ4n) is 4.91. The predicted molar refractivity (Wildman–Crippen MR) is 109 cm³/mol. The van der Waals surface area contributed by atoms with E-state index < -0.39 is 0 Å². The van der Waals surface area contributed by atoms with Crippen LogP contribution in [-0.2, 0) is 11.3 Å². The normalized spacial score (nSPS) is 26.1. The first-order valence-electron chi connectivity index (χ1n) is 10.6. The van der Waals surface area contributed by atoms with Crippen molar-refractivity contribution in [2.24, 2.45) is 11.3 Å². The van der Waals surface area contributed by atoms with Crippen LogP contribution in [0.2, 0.25) is 0 Å². The first-order valence-corrected chi connectivity index (χ1v) is 10.6. The molecule has 2 aliphatic rings. The highest BCUT2D eigenvalue weighted by Gasteiger charge is 2.45. The molecule has 1 amide bonds. The first-order chi connectivity index (χ1) is 12.9. The van der Waals surface area contributed by atoms with E-state index >= 15 is 0 Å². The van der Waals surface area contributed by atoms with E-state index in [1.807, 2.05) is 7.05 Å². The van der Waals surface area contributed by atoms with E-state index in [2.05, 4.69) is 52.4 Å². The van der Waals surface area contributed by atoms with Crippen LogP contribution < -0.4 is 5.32 Å². The van der Waals surface area contributed by atoms with Gasteiger partial charge >= 0.3 is 0 Å². The van der Waals surface area contributed by atoms with Gasteiger partial charge in [0.1, 0.15) is 0 Å². The third-order valence-electron chi connectivity index (χ3n) is 6.36. The Morgan fingerprint density at radius 1 is 1.41 bits per heavy atom. The zero-order valence-electron chi connectivity index (χ0n) is 17.6. The summed E-state index contributed by atoms with van der Waals surface area (Å²) in [5.41, 5.74) is 2.81. The molecule has 1 aromatic rings. The predicted octanol–water partition coefficient (Wildman–Crippen LogP) is 2.59. The van der Waals surface area contributed by atoms with Gasteiger partial charge in [0.25, 0.3) is 0 Å². The summed E-state index contributed by atoms with van der Waals surface area (Å²) in [6.07, 6.45) is 7.44. The van der Waals surface area contributed by atoms with Crippen molar-refractivity contribution >= 4 is 5.91 Å². The van der Waals surface area contributed by atoms with Gasteiger partial charge in [-0.1, -0.05) is 13.8 Å². The molecule has 1 aromatic heterocycles. The number of carbonyl (C=O) groups excluding carboxylic acids is 1. The minimum absolute atomic E-state index is 0.225. The monoisotopic (exact) mass is 375 g/mol. The van der Waals surface area contributed by atoms with Crippen LogP contribution in [0.1, 0.15) is 63.1 Å². The summed E-state index contributed by atoms with van der Waals surface area (Å²) in [5, 5.41) is 10.9. The average molecular weight is 376 g/mol. The molecule has 6 heteroatoms. The van der Waals surface area contributed by atoms with Gasteiger partial charge in [0.05, 0.1) is 5.69 Å². The van der Waals surface area contributed by atoms with Gasteiger partial charge in [-0.2, -0.15) is 5.10 Å². The molecule has 0 aromatic carbocycles. The molecule has 3 rings (SSSR count). The van der Waals surface area contributed by atoms with E-state index in [1.54, 1.807) is 0 Å².